The summed E-state index contributed by atoms with van der Waals surface area (Å²) in [4.78, 5) is 11.7. The molecule has 118 valence electrons. The molecule has 0 saturated carbocycles. The SMILES string of the molecule is CCNSSCCC(=O)NCC1(C)OC1C(C)(C)CO. The number of hydrogen-bond donors (Lipinski definition) is 3. The Balaban J connectivity index is 2.16. The Morgan fingerprint density at radius 3 is 2.80 bits per heavy atom. The number of hydrogen-bond acceptors (Lipinski definition) is 6. The van der Waals surface area contributed by atoms with Crippen molar-refractivity contribution in [2.75, 3.05) is 25.4 Å². The normalized spacial score (nSPS) is 25.6. The van der Waals surface area contributed by atoms with Crippen LogP contribution in [0.25, 0.3) is 0 Å². The Bertz CT molecular complexity index is 329. The number of aliphatic hydroxyl groups is 1. The van der Waals surface area contributed by atoms with E-state index in [1.807, 2.05) is 27.7 Å². The highest BCUT2D eigenvalue weighted by Gasteiger charge is 2.59. The van der Waals surface area contributed by atoms with Crippen LogP contribution in [0.3, 0.4) is 0 Å². The second-order valence-corrected chi connectivity index (χ2v) is 8.19. The fraction of sp³-hybridized carbons (Fsp3) is 0.923. The zero-order chi connectivity index (χ0) is 15.2. The maximum absolute atomic E-state index is 11.7. The summed E-state index contributed by atoms with van der Waals surface area (Å²) in [6.07, 6.45) is 0.506. The molecule has 1 fully saturated rings. The van der Waals surface area contributed by atoms with Gasteiger partial charge in [-0.1, -0.05) is 31.6 Å². The van der Waals surface area contributed by atoms with Crippen LogP contribution in [0.5, 0.6) is 0 Å². The predicted molar refractivity (Wildman–Crippen MR) is 85.5 cm³/mol. The zero-order valence-corrected chi connectivity index (χ0v) is 14.3. The topological polar surface area (TPSA) is 73.9 Å². The molecule has 0 spiro atoms. The van der Waals surface area contributed by atoms with Crippen molar-refractivity contribution in [3.63, 3.8) is 0 Å². The summed E-state index contributed by atoms with van der Waals surface area (Å²) in [6.45, 7) is 9.47. The first-order chi connectivity index (χ1) is 9.35. The van der Waals surface area contributed by atoms with Crippen molar-refractivity contribution in [1.82, 2.24) is 10.0 Å². The van der Waals surface area contributed by atoms with Crippen molar-refractivity contribution < 1.29 is 14.6 Å². The largest absolute Gasteiger partial charge is 0.396 e. The monoisotopic (exact) mass is 322 g/mol. The molecule has 0 aromatic carbocycles. The third-order valence-corrected chi connectivity index (χ3v) is 5.42. The van der Waals surface area contributed by atoms with Crippen molar-refractivity contribution >= 4 is 27.7 Å². The first kappa shape index (κ1) is 18.1. The van der Waals surface area contributed by atoms with Crippen LogP contribution in [0.4, 0.5) is 0 Å². The van der Waals surface area contributed by atoms with E-state index in [1.165, 1.54) is 0 Å². The molecule has 7 heteroatoms. The fourth-order valence-electron chi connectivity index (χ4n) is 2.08. The maximum atomic E-state index is 11.7. The van der Waals surface area contributed by atoms with Crippen LogP contribution >= 0.6 is 21.8 Å². The molecule has 1 rings (SSSR count). The number of ether oxygens (including phenoxy) is 1. The van der Waals surface area contributed by atoms with Crippen LogP contribution in [-0.4, -0.2) is 48.2 Å². The summed E-state index contributed by atoms with van der Waals surface area (Å²) in [7, 11) is 3.22. The van der Waals surface area contributed by atoms with Gasteiger partial charge in [-0.05, 0) is 17.9 Å². The van der Waals surface area contributed by atoms with Crippen LogP contribution in [0.1, 0.15) is 34.1 Å². The fourth-order valence-corrected chi connectivity index (χ4v) is 3.73. The Morgan fingerprint density at radius 1 is 1.50 bits per heavy atom. The quantitative estimate of drug-likeness (QED) is 0.245. The molecule has 2 atom stereocenters. The van der Waals surface area contributed by atoms with Gasteiger partial charge < -0.3 is 15.2 Å². The van der Waals surface area contributed by atoms with E-state index < -0.39 is 0 Å². The first-order valence-corrected chi connectivity index (χ1v) is 9.24. The molecule has 2 unspecified atom stereocenters. The highest BCUT2D eigenvalue weighted by atomic mass is 33.1. The standard InChI is InChI=1S/C13H26N2O3S2/c1-5-15-20-19-7-6-10(17)14-8-13(4)11(18-13)12(2,3)9-16/h11,15-16H,5-9H2,1-4H3,(H,14,17). The number of carbonyl (C=O) groups excluding carboxylic acids is 1. The number of amides is 1. The highest BCUT2D eigenvalue weighted by molar-refractivity contribution is 8.76. The van der Waals surface area contributed by atoms with Gasteiger partial charge in [0.05, 0.1) is 12.7 Å². The lowest BCUT2D eigenvalue weighted by Crippen LogP contribution is -2.38. The summed E-state index contributed by atoms with van der Waals surface area (Å²) >= 11 is 0. The molecule has 0 bridgehead atoms. The van der Waals surface area contributed by atoms with E-state index in [1.54, 1.807) is 21.8 Å². The van der Waals surface area contributed by atoms with Crippen molar-refractivity contribution in [2.24, 2.45) is 5.41 Å². The van der Waals surface area contributed by atoms with Gasteiger partial charge in [0.1, 0.15) is 5.60 Å². The molecule has 1 aliphatic rings. The molecule has 1 heterocycles. The van der Waals surface area contributed by atoms with E-state index in [-0.39, 0.29) is 29.6 Å². The lowest BCUT2D eigenvalue weighted by atomic mass is 9.84. The molecule has 0 aromatic rings. The third-order valence-electron chi connectivity index (χ3n) is 3.31. The first-order valence-electron chi connectivity index (χ1n) is 6.92. The minimum atomic E-state index is -0.340. The second kappa shape index (κ2) is 7.89. The molecule has 3 N–H and O–H groups in total. The van der Waals surface area contributed by atoms with Crippen molar-refractivity contribution in [2.45, 2.75) is 45.8 Å². The maximum Gasteiger partial charge on any atom is 0.220 e. The van der Waals surface area contributed by atoms with Crippen LogP contribution in [0, 0.1) is 5.41 Å². The van der Waals surface area contributed by atoms with Crippen LogP contribution < -0.4 is 10.0 Å². The predicted octanol–water partition coefficient (Wildman–Crippen LogP) is 1.57. The average molecular weight is 322 g/mol. The average Bonchev–Trinajstić information content (AvgIpc) is 3.10. The van der Waals surface area contributed by atoms with E-state index >= 15 is 0 Å². The van der Waals surface area contributed by atoms with Gasteiger partial charge in [0.15, 0.2) is 0 Å². The molecule has 0 radical (unpaired) electrons. The Morgan fingerprint density at radius 2 is 2.20 bits per heavy atom. The smallest absolute Gasteiger partial charge is 0.220 e. The summed E-state index contributed by atoms with van der Waals surface area (Å²) < 4.78 is 8.80. The van der Waals surface area contributed by atoms with Crippen molar-refractivity contribution in [3.05, 3.63) is 0 Å². The van der Waals surface area contributed by atoms with E-state index in [9.17, 15) is 9.90 Å². The summed E-state index contributed by atoms with van der Waals surface area (Å²) in [5, 5.41) is 12.2. The van der Waals surface area contributed by atoms with Gasteiger partial charge in [-0.3, -0.25) is 9.52 Å². The minimum absolute atomic E-state index is 0.000940. The Hall–Kier alpha value is 0.0500. The van der Waals surface area contributed by atoms with Crippen molar-refractivity contribution in [1.29, 1.82) is 0 Å². The number of nitrogens with one attached hydrogen (secondary N) is 2. The van der Waals surface area contributed by atoms with Gasteiger partial charge in [0.25, 0.3) is 0 Å². The van der Waals surface area contributed by atoms with Gasteiger partial charge in [0, 0.05) is 30.7 Å². The lowest BCUT2D eigenvalue weighted by Gasteiger charge is -2.20. The molecular formula is C13H26N2O3S2. The molecule has 0 aliphatic carbocycles. The number of rotatable bonds is 10. The van der Waals surface area contributed by atoms with Gasteiger partial charge >= 0.3 is 0 Å². The van der Waals surface area contributed by atoms with Crippen molar-refractivity contribution in [3.8, 4) is 0 Å². The van der Waals surface area contributed by atoms with Gasteiger partial charge in [-0.2, -0.15) is 0 Å². The molecule has 5 nitrogen and oxygen atoms in total. The van der Waals surface area contributed by atoms with E-state index in [0.717, 1.165) is 12.3 Å². The Labute approximate surface area is 129 Å². The number of epoxide rings is 1. The van der Waals surface area contributed by atoms with Gasteiger partial charge in [-0.15, -0.1) is 0 Å². The summed E-state index contributed by atoms with van der Waals surface area (Å²) in [6, 6.07) is 0. The highest BCUT2D eigenvalue weighted by Crippen LogP contribution is 2.46. The molecule has 1 saturated heterocycles. The second-order valence-electron chi connectivity index (χ2n) is 5.89. The number of carbonyl (C=O) groups is 1. The van der Waals surface area contributed by atoms with Gasteiger partial charge in [-0.25, -0.2) is 0 Å². The molecule has 1 amide bonds. The minimum Gasteiger partial charge on any atom is -0.396 e. The number of aliphatic hydroxyl groups excluding tert-OH is 1. The summed E-state index contributed by atoms with van der Waals surface area (Å²) in [5.74, 6) is 0.832. The van der Waals surface area contributed by atoms with Crippen LogP contribution in [0.2, 0.25) is 0 Å². The Kier molecular flexibility index (Phi) is 7.14. The molecule has 20 heavy (non-hydrogen) atoms. The molecular weight excluding hydrogens is 296 g/mol. The summed E-state index contributed by atoms with van der Waals surface area (Å²) in [5.41, 5.74) is -0.606. The molecule has 0 aromatic heterocycles. The van der Waals surface area contributed by atoms with Crippen LogP contribution in [-0.2, 0) is 9.53 Å². The third kappa shape index (κ3) is 5.44. The van der Waals surface area contributed by atoms with Crippen LogP contribution in [0.15, 0.2) is 0 Å². The lowest BCUT2D eigenvalue weighted by molar-refractivity contribution is -0.120. The van der Waals surface area contributed by atoms with E-state index in [4.69, 9.17) is 4.74 Å². The van der Waals surface area contributed by atoms with E-state index in [0.29, 0.717) is 13.0 Å². The van der Waals surface area contributed by atoms with E-state index in [2.05, 4.69) is 10.0 Å². The molecule has 1 aliphatic heterocycles. The zero-order valence-electron chi connectivity index (χ0n) is 12.7. The van der Waals surface area contributed by atoms with Gasteiger partial charge in [0.2, 0.25) is 5.91 Å².